The van der Waals surface area contributed by atoms with Gasteiger partial charge in [-0.1, -0.05) is 28.1 Å². The molecule has 0 saturated carbocycles. The summed E-state index contributed by atoms with van der Waals surface area (Å²) in [6, 6.07) is 7.64. The number of carbonyl (C=O) groups excluding carboxylic acids is 1. The molecule has 1 atom stereocenters. The van der Waals surface area contributed by atoms with Gasteiger partial charge < -0.3 is 10.6 Å². The molecule has 0 amide bonds. The average Bonchev–Trinajstić information content (AvgIpc) is 2.86. The quantitative estimate of drug-likeness (QED) is 0.810. The maximum atomic E-state index is 12.5. The highest BCUT2D eigenvalue weighted by molar-refractivity contribution is 9.10. The van der Waals surface area contributed by atoms with Crippen molar-refractivity contribution in [2.24, 2.45) is 0 Å². The zero-order chi connectivity index (χ0) is 15.1. The van der Waals surface area contributed by atoms with Crippen molar-refractivity contribution in [1.82, 2.24) is 10.3 Å². The van der Waals surface area contributed by atoms with E-state index in [9.17, 15) is 4.79 Å². The lowest BCUT2D eigenvalue weighted by atomic mass is 9.87. The third-order valence-electron chi connectivity index (χ3n) is 3.97. The number of hydrogen-bond acceptors (Lipinski definition) is 6. The van der Waals surface area contributed by atoms with Crippen LogP contribution in [0, 0.1) is 0 Å². The highest BCUT2D eigenvalue weighted by Gasteiger charge is 2.33. The van der Waals surface area contributed by atoms with Gasteiger partial charge in [-0.15, -0.1) is 0 Å². The number of benzene rings is 1. The maximum absolute atomic E-state index is 12.5. The first-order valence-electron chi connectivity index (χ1n) is 7.10. The van der Waals surface area contributed by atoms with E-state index in [1.54, 1.807) is 0 Å². The van der Waals surface area contributed by atoms with E-state index in [4.69, 9.17) is 4.63 Å². The predicted molar refractivity (Wildman–Crippen MR) is 84.3 cm³/mol. The van der Waals surface area contributed by atoms with Crippen LogP contribution < -0.4 is 10.6 Å². The maximum Gasteiger partial charge on any atom is 0.219 e. The van der Waals surface area contributed by atoms with E-state index in [2.05, 4.69) is 36.9 Å². The summed E-state index contributed by atoms with van der Waals surface area (Å²) in [5.41, 5.74) is 2.67. The lowest BCUT2D eigenvalue weighted by Gasteiger charge is -2.25. The first-order valence-corrected chi connectivity index (χ1v) is 7.89. The van der Waals surface area contributed by atoms with Crippen LogP contribution in [-0.2, 0) is 4.79 Å². The molecule has 112 valence electrons. The van der Waals surface area contributed by atoms with E-state index in [1.807, 2.05) is 24.3 Å². The van der Waals surface area contributed by atoms with Crippen molar-refractivity contribution in [3.05, 3.63) is 45.6 Å². The topological polar surface area (TPSA) is 80.1 Å². The molecule has 7 heteroatoms. The summed E-state index contributed by atoms with van der Waals surface area (Å²) in [5.74, 6) is 1.21. The number of nitrogens with zero attached hydrogens (tertiary/aromatic N) is 2. The second-order valence-corrected chi connectivity index (χ2v) is 6.30. The Labute approximate surface area is 135 Å². The number of Topliss-reactive ketones (excluding diaryl/α,β-unsaturated/α-hetero) is 1. The summed E-state index contributed by atoms with van der Waals surface area (Å²) < 4.78 is 5.76. The van der Waals surface area contributed by atoms with Gasteiger partial charge >= 0.3 is 0 Å². The fourth-order valence-electron chi connectivity index (χ4n) is 2.98. The van der Waals surface area contributed by atoms with Crippen molar-refractivity contribution in [2.45, 2.75) is 25.3 Å². The minimum atomic E-state index is -0.263. The van der Waals surface area contributed by atoms with Gasteiger partial charge in [0.1, 0.15) is 0 Å². The Morgan fingerprint density at radius 2 is 2.09 bits per heavy atom. The van der Waals surface area contributed by atoms with Crippen LogP contribution >= 0.6 is 15.9 Å². The molecule has 6 nitrogen and oxygen atoms in total. The Balaban J connectivity index is 1.88. The van der Waals surface area contributed by atoms with Crippen LogP contribution in [0.4, 0.5) is 11.6 Å². The average molecular weight is 361 g/mol. The van der Waals surface area contributed by atoms with Crippen molar-refractivity contribution in [2.75, 3.05) is 10.6 Å². The Kier molecular flexibility index (Phi) is 3.22. The van der Waals surface area contributed by atoms with Gasteiger partial charge in [0.15, 0.2) is 5.78 Å². The number of hydrogen-bond donors (Lipinski definition) is 2. The summed E-state index contributed by atoms with van der Waals surface area (Å²) in [7, 11) is 0. The smallest absolute Gasteiger partial charge is 0.219 e. The van der Waals surface area contributed by atoms with Crippen molar-refractivity contribution < 1.29 is 9.42 Å². The normalized spacial score (nSPS) is 20.6. The lowest BCUT2D eigenvalue weighted by molar-refractivity contribution is -0.116. The summed E-state index contributed by atoms with van der Waals surface area (Å²) in [5, 5.41) is 14.2. The molecule has 1 aromatic carbocycles. The number of carbonyl (C=O) groups is 1. The first kappa shape index (κ1) is 13.5. The molecule has 2 aromatic rings. The minimum absolute atomic E-state index is 0.160. The van der Waals surface area contributed by atoms with E-state index in [-0.39, 0.29) is 11.8 Å². The second kappa shape index (κ2) is 5.24. The zero-order valence-electron chi connectivity index (χ0n) is 11.6. The predicted octanol–water partition coefficient (Wildman–Crippen LogP) is 3.42. The van der Waals surface area contributed by atoms with Gasteiger partial charge in [-0.25, -0.2) is 4.63 Å². The summed E-state index contributed by atoms with van der Waals surface area (Å²) in [6.45, 7) is 0. The van der Waals surface area contributed by atoms with E-state index in [0.717, 1.165) is 34.1 Å². The van der Waals surface area contributed by atoms with Crippen molar-refractivity contribution in [3.8, 4) is 0 Å². The first-order chi connectivity index (χ1) is 10.7. The largest absolute Gasteiger partial charge is 0.353 e. The van der Waals surface area contributed by atoms with Gasteiger partial charge in [0.25, 0.3) is 0 Å². The van der Waals surface area contributed by atoms with Crippen LogP contribution in [0.2, 0.25) is 0 Å². The molecule has 2 heterocycles. The second-order valence-electron chi connectivity index (χ2n) is 5.39. The Morgan fingerprint density at radius 3 is 2.95 bits per heavy atom. The monoisotopic (exact) mass is 360 g/mol. The van der Waals surface area contributed by atoms with Gasteiger partial charge in [0.2, 0.25) is 11.6 Å². The molecule has 1 aliphatic carbocycles. The standard InChI is InChI=1S/C15H13BrN4O2/c16-9-4-1-3-8(7-9)13-12-10(5-2-6-11(12)21)17-14-15(18-13)20-22-19-14/h1,3-4,7,13H,2,5-6H2,(H,17,19)(H,18,20)/t13-/m1/s1. The van der Waals surface area contributed by atoms with Crippen LogP contribution in [0.15, 0.2) is 44.6 Å². The number of rotatable bonds is 1. The molecule has 1 aromatic heterocycles. The number of fused-ring (bicyclic) bond motifs is 1. The number of ketones is 1. The van der Waals surface area contributed by atoms with E-state index < -0.39 is 0 Å². The molecular formula is C15H13BrN4O2. The SMILES string of the molecule is O=C1CCCC2=C1[C@@H](c1cccc(Br)c1)Nc1nonc1N2. The number of allylic oxidation sites excluding steroid dienone is 1. The number of aromatic nitrogens is 2. The van der Waals surface area contributed by atoms with Crippen molar-refractivity contribution in [1.29, 1.82) is 0 Å². The molecule has 2 aliphatic rings. The molecule has 0 spiro atoms. The third-order valence-corrected chi connectivity index (χ3v) is 4.46. The van der Waals surface area contributed by atoms with E-state index in [1.165, 1.54) is 0 Å². The van der Waals surface area contributed by atoms with Gasteiger partial charge in [-0.3, -0.25) is 4.79 Å². The summed E-state index contributed by atoms with van der Waals surface area (Å²) in [4.78, 5) is 12.5. The van der Waals surface area contributed by atoms with Crippen molar-refractivity contribution >= 4 is 33.3 Å². The molecule has 22 heavy (non-hydrogen) atoms. The third kappa shape index (κ3) is 2.21. The molecule has 4 rings (SSSR count). The fraction of sp³-hybridized carbons (Fsp3) is 0.267. The van der Waals surface area contributed by atoms with E-state index >= 15 is 0 Å². The zero-order valence-corrected chi connectivity index (χ0v) is 13.2. The van der Waals surface area contributed by atoms with Gasteiger partial charge in [-0.2, -0.15) is 0 Å². The summed E-state index contributed by atoms with van der Waals surface area (Å²) in [6.07, 6.45) is 2.23. The minimum Gasteiger partial charge on any atom is -0.353 e. The molecule has 0 fully saturated rings. The Morgan fingerprint density at radius 1 is 1.23 bits per heavy atom. The molecule has 0 unspecified atom stereocenters. The van der Waals surface area contributed by atoms with Crippen LogP contribution in [0.25, 0.3) is 0 Å². The number of nitrogens with one attached hydrogen (secondary N) is 2. The molecule has 0 radical (unpaired) electrons. The number of halogens is 1. The Bertz CT molecular complexity index is 783. The molecule has 0 bridgehead atoms. The van der Waals surface area contributed by atoms with Crippen LogP contribution in [0.5, 0.6) is 0 Å². The van der Waals surface area contributed by atoms with Crippen LogP contribution in [-0.4, -0.2) is 16.1 Å². The van der Waals surface area contributed by atoms with Crippen LogP contribution in [0.1, 0.15) is 30.9 Å². The highest BCUT2D eigenvalue weighted by Crippen LogP contribution is 2.39. The van der Waals surface area contributed by atoms with Crippen LogP contribution in [0.3, 0.4) is 0 Å². The molecule has 0 saturated heterocycles. The lowest BCUT2D eigenvalue weighted by Crippen LogP contribution is -2.23. The summed E-state index contributed by atoms with van der Waals surface area (Å²) >= 11 is 3.48. The van der Waals surface area contributed by atoms with Gasteiger partial charge in [0.05, 0.1) is 6.04 Å². The highest BCUT2D eigenvalue weighted by atomic mass is 79.9. The molecule has 2 N–H and O–H groups in total. The molecule has 1 aliphatic heterocycles. The van der Waals surface area contributed by atoms with E-state index in [0.29, 0.717) is 18.1 Å². The van der Waals surface area contributed by atoms with Gasteiger partial charge in [-0.05, 0) is 40.9 Å². The fourth-order valence-corrected chi connectivity index (χ4v) is 3.40. The number of anilines is 2. The Hall–Kier alpha value is -2.15. The van der Waals surface area contributed by atoms with Crippen molar-refractivity contribution in [3.63, 3.8) is 0 Å². The molecular weight excluding hydrogens is 348 g/mol. The van der Waals surface area contributed by atoms with Gasteiger partial charge in [0, 0.05) is 22.2 Å².